The Labute approximate surface area is 174 Å². The number of aryl methyl sites for hydroxylation is 1. The van der Waals surface area contributed by atoms with Gasteiger partial charge in [0.05, 0.1) is 36.0 Å². The van der Waals surface area contributed by atoms with Crippen molar-refractivity contribution in [1.29, 1.82) is 0 Å². The zero-order chi connectivity index (χ0) is 20.3. The Bertz CT molecular complexity index is 916. The van der Waals surface area contributed by atoms with Crippen LogP contribution in [0.15, 0.2) is 42.6 Å². The second-order valence-electron chi connectivity index (χ2n) is 9.25. The lowest BCUT2D eigenvalue weighted by molar-refractivity contribution is -0.00306. The normalized spacial score (nSPS) is 17.0. The Morgan fingerprint density at radius 1 is 1.17 bits per heavy atom. The van der Waals surface area contributed by atoms with Gasteiger partial charge in [-0.3, -0.25) is 9.88 Å². The molecule has 0 aliphatic heterocycles. The van der Waals surface area contributed by atoms with E-state index in [9.17, 15) is 0 Å². The van der Waals surface area contributed by atoms with Crippen LogP contribution in [0.1, 0.15) is 36.0 Å². The number of nitrogens with zero attached hydrogens (tertiary/aromatic N) is 3. The summed E-state index contributed by atoms with van der Waals surface area (Å²) in [5.41, 5.74) is 4.69. The van der Waals surface area contributed by atoms with Crippen molar-refractivity contribution < 1.29 is 4.74 Å². The van der Waals surface area contributed by atoms with Crippen LogP contribution >= 0.6 is 0 Å². The molecule has 0 saturated heterocycles. The molecule has 1 atom stereocenters. The average Bonchev–Trinajstić information content (AvgIpc) is 3.11. The summed E-state index contributed by atoms with van der Waals surface area (Å²) in [7, 11) is -1.10. The van der Waals surface area contributed by atoms with E-state index in [1.807, 2.05) is 18.3 Å². The molecule has 0 spiro atoms. The molecule has 0 saturated carbocycles. The molecule has 1 aliphatic rings. The van der Waals surface area contributed by atoms with Crippen molar-refractivity contribution in [1.82, 2.24) is 19.9 Å². The minimum atomic E-state index is -1.10. The van der Waals surface area contributed by atoms with E-state index in [-0.39, 0.29) is 6.04 Å². The number of aromatic amines is 1. The number of hydrogen-bond acceptors (Lipinski definition) is 4. The van der Waals surface area contributed by atoms with E-state index in [0.29, 0.717) is 6.73 Å². The van der Waals surface area contributed by atoms with Gasteiger partial charge in [-0.05, 0) is 49.1 Å². The van der Waals surface area contributed by atoms with Crippen LogP contribution in [0.5, 0.6) is 0 Å². The summed E-state index contributed by atoms with van der Waals surface area (Å²) in [6.45, 7) is 9.36. The summed E-state index contributed by atoms with van der Waals surface area (Å²) in [5, 5.41) is 0. The lowest BCUT2D eigenvalue weighted by Crippen LogP contribution is -2.34. The number of H-pyrrole nitrogens is 1. The quantitative estimate of drug-likeness (QED) is 0.318. The van der Waals surface area contributed by atoms with Crippen molar-refractivity contribution in [2.45, 2.75) is 57.5 Å². The predicted octanol–water partition coefficient (Wildman–Crippen LogP) is 5.15. The van der Waals surface area contributed by atoms with Gasteiger partial charge in [-0.25, -0.2) is 4.98 Å². The van der Waals surface area contributed by atoms with E-state index in [0.717, 1.165) is 42.9 Å². The third-order valence-electron chi connectivity index (χ3n) is 5.65. The van der Waals surface area contributed by atoms with Gasteiger partial charge in [-0.2, -0.15) is 0 Å². The van der Waals surface area contributed by atoms with Crippen molar-refractivity contribution in [2.75, 3.05) is 13.3 Å². The molecule has 3 aromatic rings. The van der Waals surface area contributed by atoms with Crippen LogP contribution in [0, 0.1) is 0 Å². The van der Waals surface area contributed by atoms with Crippen molar-refractivity contribution in [3.8, 4) is 0 Å². The first-order valence-electron chi connectivity index (χ1n) is 10.7. The molecule has 1 aliphatic carbocycles. The Morgan fingerprint density at radius 3 is 2.86 bits per heavy atom. The van der Waals surface area contributed by atoms with Gasteiger partial charge in [0.2, 0.25) is 0 Å². The van der Waals surface area contributed by atoms with E-state index in [4.69, 9.17) is 14.7 Å². The number of nitrogens with one attached hydrogen (secondary N) is 1. The average molecular weight is 409 g/mol. The number of fused-ring (bicyclic) bond motifs is 2. The molecule has 0 fully saturated rings. The summed E-state index contributed by atoms with van der Waals surface area (Å²) in [4.78, 5) is 15.4. The number of aromatic nitrogens is 3. The highest BCUT2D eigenvalue weighted by molar-refractivity contribution is 6.76. The molecule has 0 amide bonds. The maximum Gasteiger partial charge on any atom is 0.121 e. The van der Waals surface area contributed by atoms with Gasteiger partial charge < -0.3 is 9.72 Å². The Kier molecular flexibility index (Phi) is 6.13. The molecule has 4 rings (SSSR count). The Hall–Kier alpha value is -2.02. The molecule has 1 unspecified atom stereocenters. The van der Waals surface area contributed by atoms with Gasteiger partial charge >= 0.3 is 0 Å². The van der Waals surface area contributed by atoms with Crippen molar-refractivity contribution in [2.24, 2.45) is 0 Å². The highest BCUT2D eigenvalue weighted by atomic mass is 28.3. The summed E-state index contributed by atoms with van der Waals surface area (Å²) in [6, 6.07) is 14.0. The van der Waals surface area contributed by atoms with Gasteiger partial charge in [-0.1, -0.05) is 37.8 Å². The fourth-order valence-corrected chi connectivity index (χ4v) is 4.78. The van der Waals surface area contributed by atoms with Gasteiger partial charge in [0.15, 0.2) is 0 Å². The van der Waals surface area contributed by atoms with E-state index >= 15 is 0 Å². The zero-order valence-corrected chi connectivity index (χ0v) is 18.8. The highest BCUT2D eigenvalue weighted by Gasteiger charge is 2.28. The molecule has 5 nitrogen and oxygen atoms in total. The van der Waals surface area contributed by atoms with Gasteiger partial charge in [-0.15, -0.1) is 0 Å². The van der Waals surface area contributed by atoms with Crippen LogP contribution in [-0.4, -0.2) is 41.3 Å². The molecule has 2 heterocycles. The lowest BCUT2D eigenvalue weighted by Gasteiger charge is -2.34. The Balaban J connectivity index is 1.54. The SMILES string of the molecule is C[Si](C)(C)CCOCN(Cc1nc2ccccc2[nH]1)C1CCCc2cccnc21. The molecule has 1 aromatic carbocycles. The maximum absolute atomic E-state index is 6.18. The number of hydrogen-bond donors (Lipinski definition) is 1. The van der Waals surface area contributed by atoms with Gasteiger partial charge in [0.25, 0.3) is 0 Å². The number of rotatable bonds is 8. The molecule has 6 heteroatoms. The first kappa shape index (κ1) is 20.3. The van der Waals surface area contributed by atoms with Gasteiger partial charge in [0.1, 0.15) is 5.82 Å². The van der Waals surface area contributed by atoms with Crippen LogP contribution in [0.25, 0.3) is 11.0 Å². The summed E-state index contributed by atoms with van der Waals surface area (Å²) < 4.78 is 6.18. The summed E-state index contributed by atoms with van der Waals surface area (Å²) in [6.07, 6.45) is 5.34. The smallest absolute Gasteiger partial charge is 0.121 e. The monoisotopic (exact) mass is 408 g/mol. The zero-order valence-electron chi connectivity index (χ0n) is 17.8. The van der Waals surface area contributed by atoms with Crippen molar-refractivity contribution >= 4 is 19.1 Å². The molecular formula is C23H32N4OSi. The first-order chi connectivity index (χ1) is 14.0. The standard InChI is InChI=1S/C23H32N4OSi/c1-29(2,3)15-14-28-17-27(16-22-25-19-10-4-5-11-20(19)26-22)21-12-6-8-18-9-7-13-24-23(18)21/h4-5,7,9-11,13,21H,6,8,12,14-17H2,1-3H3,(H,25,26). The first-order valence-corrected chi connectivity index (χ1v) is 14.4. The third-order valence-corrected chi connectivity index (χ3v) is 7.36. The van der Waals surface area contributed by atoms with E-state index in [1.54, 1.807) is 0 Å². The number of benzene rings is 1. The minimum Gasteiger partial charge on any atom is -0.366 e. The van der Waals surface area contributed by atoms with Crippen LogP contribution in [-0.2, 0) is 17.7 Å². The fraction of sp³-hybridized carbons (Fsp3) is 0.478. The molecule has 0 bridgehead atoms. The molecule has 154 valence electrons. The summed E-state index contributed by atoms with van der Waals surface area (Å²) in [5.74, 6) is 0.989. The van der Waals surface area contributed by atoms with Crippen LogP contribution in [0.4, 0.5) is 0 Å². The van der Waals surface area contributed by atoms with Crippen LogP contribution in [0.3, 0.4) is 0 Å². The molecular weight excluding hydrogens is 376 g/mol. The molecule has 2 aromatic heterocycles. The lowest BCUT2D eigenvalue weighted by atomic mass is 9.91. The van der Waals surface area contributed by atoms with E-state index in [2.05, 4.69) is 53.8 Å². The van der Waals surface area contributed by atoms with Crippen molar-refractivity contribution in [3.63, 3.8) is 0 Å². The van der Waals surface area contributed by atoms with E-state index < -0.39 is 8.07 Å². The third kappa shape index (κ3) is 5.13. The molecule has 0 radical (unpaired) electrons. The van der Waals surface area contributed by atoms with Crippen molar-refractivity contribution in [3.05, 3.63) is 59.7 Å². The second kappa shape index (κ2) is 8.77. The molecule has 29 heavy (non-hydrogen) atoms. The van der Waals surface area contributed by atoms with Gasteiger partial charge in [0, 0.05) is 20.9 Å². The Morgan fingerprint density at radius 2 is 2.03 bits per heavy atom. The number of pyridine rings is 1. The topological polar surface area (TPSA) is 54.0 Å². The number of ether oxygens (including phenoxy) is 1. The van der Waals surface area contributed by atoms with Crippen LogP contribution in [0.2, 0.25) is 25.7 Å². The highest BCUT2D eigenvalue weighted by Crippen LogP contribution is 2.33. The predicted molar refractivity (Wildman–Crippen MR) is 121 cm³/mol. The van der Waals surface area contributed by atoms with E-state index in [1.165, 1.54) is 23.7 Å². The summed E-state index contributed by atoms with van der Waals surface area (Å²) >= 11 is 0. The largest absolute Gasteiger partial charge is 0.366 e. The minimum absolute atomic E-state index is 0.278. The molecule has 1 N–H and O–H groups in total. The maximum atomic E-state index is 6.18. The fourth-order valence-electron chi connectivity index (χ4n) is 4.02. The second-order valence-corrected chi connectivity index (χ2v) is 14.9. The van der Waals surface area contributed by atoms with Crippen LogP contribution < -0.4 is 0 Å². The number of para-hydroxylation sites is 2. The number of imidazole rings is 1.